The normalized spacial score (nSPS) is 13.3. The van der Waals surface area contributed by atoms with Crippen LogP contribution >= 0.6 is 11.6 Å². The van der Waals surface area contributed by atoms with E-state index in [9.17, 15) is 8.78 Å². The third-order valence-electron chi connectivity index (χ3n) is 5.55. The van der Waals surface area contributed by atoms with Crippen molar-refractivity contribution in [3.05, 3.63) is 95.2 Å². The SMILES string of the molecule is C=C(Cc1ccc(-c2cnc3cncc(F)c3c2)cc1F)Nc1cc(Cl)c(C2CC2)cn1. The first-order valence-electron chi connectivity index (χ1n) is 10.3. The second-order valence-corrected chi connectivity index (χ2v) is 8.40. The van der Waals surface area contributed by atoms with Gasteiger partial charge in [0.15, 0.2) is 5.82 Å². The molecule has 0 aliphatic heterocycles. The summed E-state index contributed by atoms with van der Waals surface area (Å²) in [5, 5.41) is 4.13. The summed E-state index contributed by atoms with van der Waals surface area (Å²) < 4.78 is 28.9. The lowest BCUT2D eigenvalue weighted by Crippen LogP contribution is -2.05. The van der Waals surface area contributed by atoms with Gasteiger partial charge in [-0.3, -0.25) is 9.97 Å². The summed E-state index contributed by atoms with van der Waals surface area (Å²) in [6.45, 7) is 3.99. The number of fused-ring (bicyclic) bond motifs is 1. The fourth-order valence-corrected chi connectivity index (χ4v) is 4.01. The molecule has 0 saturated heterocycles. The van der Waals surface area contributed by atoms with Crippen LogP contribution in [0.1, 0.15) is 29.9 Å². The molecule has 0 amide bonds. The zero-order valence-electron chi connectivity index (χ0n) is 17.1. The highest BCUT2D eigenvalue weighted by molar-refractivity contribution is 6.31. The van der Waals surface area contributed by atoms with Crippen molar-refractivity contribution in [2.45, 2.75) is 25.2 Å². The molecule has 1 aliphatic rings. The molecule has 1 aromatic carbocycles. The van der Waals surface area contributed by atoms with E-state index in [4.69, 9.17) is 11.6 Å². The highest BCUT2D eigenvalue weighted by Crippen LogP contribution is 2.43. The number of nitrogens with one attached hydrogen (secondary N) is 1. The van der Waals surface area contributed by atoms with Gasteiger partial charge in [0.1, 0.15) is 11.6 Å². The number of halogens is 3. The van der Waals surface area contributed by atoms with Crippen LogP contribution in [0.15, 0.2) is 67.4 Å². The van der Waals surface area contributed by atoms with Crippen molar-refractivity contribution in [1.82, 2.24) is 15.0 Å². The third kappa shape index (κ3) is 4.18. The number of anilines is 1. The molecular formula is C25H19ClF2N4. The fraction of sp³-hybridized carbons (Fsp3) is 0.160. The van der Waals surface area contributed by atoms with Crippen LogP contribution in [-0.2, 0) is 6.42 Å². The topological polar surface area (TPSA) is 50.7 Å². The third-order valence-corrected chi connectivity index (χ3v) is 5.88. The number of hydrogen-bond acceptors (Lipinski definition) is 4. The molecule has 5 rings (SSSR count). The van der Waals surface area contributed by atoms with Crippen LogP contribution < -0.4 is 5.32 Å². The quantitative estimate of drug-likeness (QED) is 0.358. The Labute approximate surface area is 189 Å². The van der Waals surface area contributed by atoms with E-state index in [2.05, 4.69) is 26.8 Å². The Hall–Kier alpha value is -3.38. The molecule has 0 atom stereocenters. The van der Waals surface area contributed by atoms with Gasteiger partial charge in [-0.1, -0.05) is 30.3 Å². The Morgan fingerprint density at radius 1 is 1.00 bits per heavy atom. The number of allylic oxidation sites excluding steroid dienone is 1. The molecule has 3 aromatic heterocycles. The molecular weight excluding hydrogens is 430 g/mol. The average molecular weight is 449 g/mol. The average Bonchev–Trinajstić information content (AvgIpc) is 3.60. The van der Waals surface area contributed by atoms with Gasteiger partial charge in [-0.15, -0.1) is 0 Å². The summed E-state index contributed by atoms with van der Waals surface area (Å²) in [5.41, 5.74) is 3.84. The van der Waals surface area contributed by atoms with Crippen molar-refractivity contribution in [1.29, 1.82) is 0 Å². The maximum absolute atomic E-state index is 14.8. The van der Waals surface area contributed by atoms with E-state index in [0.717, 1.165) is 24.6 Å². The van der Waals surface area contributed by atoms with Gasteiger partial charge in [-0.05, 0) is 53.6 Å². The number of nitrogens with zero attached hydrogens (tertiary/aromatic N) is 3. The van der Waals surface area contributed by atoms with Crippen molar-refractivity contribution in [2.24, 2.45) is 0 Å². The maximum atomic E-state index is 14.8. The molecule has 1 aliphatic carbocycles. The largest absolute Gasteiger partial charge is 0.344 e. The van der Waals surface area contributed by atoms with Gasteiger partial charge in [0.05, 0.1) is 17.9 Å². The maximum Gasteiger partial charge on any atom is 0.150 e. The Morgan fingerprint density at radius 2 is 1.84 bits per heavy atom. The van der Waals surface area contributed by atoms with Gasteiger partial charge in [-0.25, -0.2) is 13.8 Å². The van der Waals surface area contributed by atoms with Crippen LogP contribution in [0.25, 0.3) is 22.0 Å². The van der Waals surface area contributed by atoms with Crippen molar-refractivity contribution in [3.63, 3.8) is 0 Å². The van der Waals surface area contributed by atoms with E-state index in [1.165, 1.54) is 12.3 Å². The Kier molecular flexibility index (Phi) is 5.31. The summed E-state index contributed by atoms with van der Waals surface area (Å²) >= 11 is 6.35. The molecule has 4 nitrogen and oxygen atoms in total. The Bertz CT molecular complexity index is 1350. The lowest BCUT2D eigenvalue weighted by Gasteiger charge is -2.12. The van der Waals surface area contributed by atoms with Gasteiger partial charge in [0.25, 0.3) is 0 Å². The van der Waals surface area contributed by atoms with E-state index in [1.54, 1.807) is 36.7 Å². The monoisotopic (exact) mass is 448 g/mol. The van der Waals surface area contributed by atoms with E-state index in [1.807, 2.05) is 0 Å². The summed E-state index contributed by atoms with van der Waals surface area (Å²) in [5.74, 6) is 0.261. The van der Waals surface area contributed by atoms with Crippen molar-refractivity contribution < 1.29 is 8.78 Å². The second-order valence-electron chi connectivity index (χ2n) is 7.99. The second kappa shape index (κ2) is 8.28. The van der Waals surface area contributed by atoms with Crippen LogP contribution in [0, 0.1) is 11.6 Å². The highest BCUT2D eigenvalue weighted by atomic mass is 35.5. The number of hydrogen-bond donors (Lipinski definition) is 1. The standard InChI is InChI=1S/C25H19ClF2N4/c1-14(32-25-9-21(26)20(11-31-25)15-2-3-15)6-17-5-4-16(8-22(17)27)18-7-19-23(28)12-29-13-24(19)30-10-18/h4-5,7-13,15H,1-3,6H2,(H,31,32). The fourth-order valence-electron chi connectivity index (χ4n) is 3.70. The first-order chi connectivity index (χ1) is 15.5. The van der Waals surface area contributed by atoms with E-state index in [-0.39, 0.29) is 12.2 Å². The van der Waals surface area contributed by atoms with Crippen LogP contribution in [0.5, 0.6) is 0 Å². The highest BCUT2D eigenvalue weighted by Gasteiger charge is 2.26. The zero-order valence-corrected chi connectivity index (χ0v) is 17.8. The minimum Gasteiger partial charge on any atom is -0.344 e. The van der Waals surface area contributed by atoms with Gasteiger partial charge in [-0.2, -0.15) is 0 Å². The smallest absolute Gasteiger partial charge is 0.150 e. The summed E-state index contributed by atoms with van der Waals surface area (Å²) in [7, 11) is 0. The molecule has 3 heterocycles. The molecule has 0 unspecified atom stereocenters. The molecule has 4 aromatic rings. The molecule has 1 N–H and O–H groups in total. The molecule has 0 radical (unpaired) electrons. The summed E-state index contributed by atoms with van der Waals surface area (Å²) in [4.78, 5) is 12.4. The number of benzene rings is 1. The number of pyridine rings is 3. The molecule has 0 spiro atoms. The predicted octanol–water partition coefficient (Wildman–Crippen LogP) is 6.67. The van der Waals surface area contributed by atoms with Crippen LogP contribution in [-0.4, -0.2) is 15.0 Å². The molecule has 0 bridgehead atoms. The van der Waals surface area contributed by atoms with Gasteiger partial charge in [0, 0.05) is 40.5 Å². The van der Waals surface area contributed by atoms with E-state index < -0.39 is 5.82 Å². The van der Waals surface area contributed by atoms with Crippen LogP contribution in [0.2, 0.25) is 5.02 Å². The van der Waals surface area contributed by atoms with Crippen molar-refractivity contribution in [2.75, 3.05) is 5.32 Å². The summed E-state index contributed by atoms with van der Waals surface area (Å²) in [6.07, 6.45) is 8.59. The first kappa shape index (κ1) is 20.5. The predicted molar refractivity (Wildman–Crippen MR) is 123 cm³/mol. The Balaban J connectivity index is 1.31. The first-order valence-corrected chi connectivity index (χ1v) is 10.6. The molecule has 160 valence electrons. The van der Waals surface area contributed by atoms with Gasteiger partial charge in [0.2, 0.25) is 0 Å². The van der Waals surface area contributed by atoms with Crippen molar-refractivity contribution in [3.8, 4) is 11.1 Å². The van der Waals surface area contributed by atoms with E-state index in [0.29, 0.717) is 50.0 Å². The number of rotatable bonds is 6. The lowest BCUT2D eigenvalue weighted by molar-refractivity contribution is 0.614. The lowest BCUT2D eigenvalue weighted by atomic mass is 10.0. The summed E-state index contributed by atoms with van der Waals surface area (Å²) in [6, 6.07) is 8.33. The van der Waals surface area contributed by atoms with Gasteiger partial charge >= 0.3 is 0 Å². The molecule has 32 heavy (non-hydrogen) atoms. The Morgan fingerprint density at radius 3 is 2.59 bits per heavy atom. The molecule has 1 fully saturated rings. The molecule has 7 heteroatoms. The van der Waals surface area contributed by atoms with Crippen LogP contribution in [0.3, 0.4) is 0 Å². The minimum atomic E-state index is -0.463. The zero-order chi connectivity index (χ0) is 22.2. The van der Waals surface area contributed by atoms with E-state index >= 15 is 0 Å². The van der Waals surface area contributed by atoms with Gasteiger partial charge < -0.3 is 5.32 Å². The minimum absolute atomic E-state index is 0.284. The molecule has 1 saturated carbocycles. The van der Waals surface area contributed by atoms with Crippen molar-refractivity contribution >= 4 is 28.3 Å². The van der Waals surface area contributed by atoms with Crippen LogP contribution in [0.4, 0.5) is 14.6 Å². The number of aromatic nitrogens is 3.